The van der Waals surface area contributed by atoms with Crippen LogP contribution in [0, 0.1) is 12.7 Å². The topological polar surface area (TPSA) is 145 Å². The molecule has 15 heteroatoms. The van der Waals surface area contributed by atoms with Crippen molar-refractivity contribution < 1.29 is 37.5 Å². The number of aliphatic imine (C=N–C) groups is 1. The van der Waals surface area contributed by atoms with Gasteiger partial charge in [-0.25, -0.2) is 18.9 Å². The summed E-state index contributed by atoms with van der Waals surface area (Å²) in [6, 6.07) is 8.27. The first-order valence-corrected chi connectivity index (χ1v) is 18.9. The number of methoxy groups -OCH3 is 1. The molecular weight excluding hydrogens is 719 g/mol. The van der Waals surface area contributed by atoms with Crippen molar-refractivity contribution in [3.8, 4) is 17.0 Å². The maximum atomic E-state index is 14.0. The fourth-order valence-electron chi connectivity index (χ4n) is 6.00. The summed E-state index contributed by atoms with van der Waals surface area (Å²) in [5, 5.41) is 8.71. The van der Waals surface area contributed by atoms with E-state index in [1.807, 2.05) is 23.7 Å². The number of amidine groups is 1. The largest absolute Gasteiger partial charge is 0.475 e. The predicted octanol–water partition coefficient (Wildman–Crippen LogP) is 6.39. The van der Waals surface area contributed by atoms with Crippen LogP contribution in [0.3, 0.4) is 0 Å². The van der Waals surface area contributed by atoms with Gasteiger partial charge in [0.05, 0.1) is 106 Å². The van der Waals surface area contributed by atoms with Crippen molar-refractivity contribution in [2.75, 3.05) is 91.7 Å². The van der Waals surface area contributed by atoms with E-state index in [-0.39, 0.29) is 17.6 Å². The zero-order valence-corrected chi connectivity index (χ0v) is 32.0. The molecule has 5 rings (SSSR count). The fraction of sp³-hybridized carbons (Fsp3) is 0.513. The van der Waals surface area contributed by atoms with Gasteiger partial charge >= 0.3 is 0 Å². The average molecular weight is 771 g/mol. The van der Waals surface area contributed by atoms with E-state index in [9.17, 15) is 4.39 Å². The van der Waals surface area contributed by atoms with E-state index in [0.29, 0.717) is 95.7 Å². The summed E-state index contributed by atoms with van der Waals surface area (Å²) >= 11 is 6.31. The SMILES string of the molecule is COCCOCCOCCOCCOCCOCCOc1cc(C)c(-c2cc3c(NC4CCCCC4)c(/C(N)=N/c4cc(F)ccc4Cl)cnn3c2)cn1. The van der Waals surface area contributed by atoms with Crippen LogP contribution in [0.15, 0.2) is 53.9 Å². The zero-order chi connectivity index (χ0) is 38.0. The third kappa shape index (κ3) is 12.9. The van der Waals surface area contributed by atoms with Crippen molar-refractivity contribution in [3.05, 3.63) is 70.9 Å². The molecule has 54 heavy (non-hydrogen) atoms. The van der Waals surface area contributed by atoms with Gasteiger partial charge in [0.15, 0.2) is 0 Å². The summed E-state index contributed by atoms with van der Waals surface area (Å²) in [6.45, 7) is 7.91. The molecule has 0 spiro atoms. The highest BCUT2D eigenvalue weighted by Crippen LogP contribution is 2.34. The number of rotatable bonds is 24. The quantitative estimate of drug-likeness (QED) is 0.0465. The lowest BCUT2D eigenvalue weighted by Gasteiger charge is -2.25. The number of nitrogens with one attached hydrogen (secondary N) is 1. The molecule has 0 saturated heterocycles. The lowest BCUT2D eigenvalue weighted by Crippen LogP contribution is -2.25. The molecule has 0 aliphatic heterocycles. The number of ether oxygens (including phenoxy) is 7. The molecule has 0 atom stereocenters. The Morgan fingerprint density at radius 2 is 1.50 bits per heavy atom. The smallest absolute Gasteiger partial charge is 0.213 e. The molecule has 4 aromatic rings. The van der Waals surface area contributed by atoms with Crippen LogP contribution in [-0.4, -0.2) is 113 Å². The molecular formula is C39H52ClFN6O7. The molecule has 3 aromatic heterocycles. The number of nitrogens with two attached hydrogens (primary N) is 1. The Morgan fingerprint density at radius 3 is 2.13 bits per heavy atom. The first kappa shape index (κ1) is 41.3. The van der Waals surface area contributed by atoms with Gasteiger partial charge in [-0.2, -0.15) is 5.10 Å². The van der Waals surface area contributed by atoms with Gasteiger partial charge < -0.3 is 44.2 Å². The van der Waals surface area contributed by atoms with Crippen molar-refractivity contribution >= 4 is 34.3 Å². The Bertz CT molecular complexity index is 1770. The van der Waals surface area contributed by atoms with E-state index in [0.717, 1.165) is 53.6 Å². The fourth-order valence-corrected chi connectivity index (χ4v) is 6.16. The van der Waals surface area contributed by atoms with Crippen LogP contribution >= 0.6 is 11.6 Å². The van der Waals surface area contributed by atoms with Crippen LogP contribution in [-0.2, 0) is 28.4 Å². The van der Waals surface area contributed by atoms with Gasteiger partial charge in [0.25, 0.3) is 0 Å². The Balaban J connectivity index is 1.09. The molecule has 3 N–H and O–H groups in total. The number of nitrogens with zero attached hydrogens (tertiary/aromatic N) is 4. The first-order valence-electron chi connectivity index (χ1n) is 18.5. The van der Waals surface area contributed by atoms with Crippen LogP contribution in [0.5, 0.6) is 5.88 Å². The highest BCUT2D eigenvalue weighted by molar-refractivity contribution is 6.33. The number of benzene rings is 1. The number of fused-ring (bicyclic) bond motifs is 1. The molecule has 1 aromatic carbocycles. The van der Waals surface area contributed by atoms with Crippen LogP contribution in [0.2, 0.25) is 5.02 Å². The number of hydrogen-bond donors (Lipinski definition) is 2. The minimum absolute atomic E-state index is 0.189. The summed E-state index contributed by atoms with van der Waals surface area (Å²) in [6.07, 6.45) is 11.1. The lowest BCUT2D eigenvalue weighted by atomic mass is 9.95. The molecule has 294 valence electrons. The van der Waals surface area contributed by atoms with Gasteiger partial charge in [-0.3, -0.25) is 0 Å². The van der Waals surface area contributed by atoms with Crippen molar-refractivity contribution in [2.45, 2.75) is 45.1 Å². The number of pyridine rings is 1. The van der Waals surface area contributed by atoms with E-state index in [1.54, 1.807) is 19.5 Å². The number of anilines is 1. The molecule has 1 aliphatic rings. The highest BCUT2D eigenvalue weighted by atomic mass is 35.5. The normalized spacial score (nSPS) is 13.9. The van der Waals surface area contributed by atoms with Crippen LogP contribution < -0.4 is 15.8 Å². The Hall–Kier alpha value is -3.89. The maximum absolute atomic E-state index is 14.0. The number of hydrogen-bond acceptors (Lipinski definition) is 11. The van der Waals surface area contributed by atoms with Crippen LogP contribution in [0.1, 0.15) is 43.2 Å². The lowest BCUT2D eigenvalue weighted by molar-refractivity contribution is -0.0159. The minimum atomic E-state index is -0.445. The Kier molecular flexibility index (Phi) is 17.2. The second-order valence-corrected chi connectivity index (χ2v) is 13.2. The summed E-state index contributed by atoms with van der Waals surface area (Å²) in [7, 11) is 1.64. The van der Waals surface area contributed by atoms with Crippen LogP contribution in [0.25, 0.3) is 16.6 Å². The number of aryl methyl sites for hydroxylation is 1. The standard InChI is InChI=1S/C39H52ClFN6O7/c1-28-22-37(54-21-20-53-19-18-52-17-16-51-15-14-50-13-12-49-11-10-48-2)43-25-32(28)29-23-36-38(45-31-6-4-3-5-7-31)33(26-44-47(36)27-29)39(42)46-35-24-30(41)8-9-34(35)40/h8-9,22-27,31,45H,3-7,10-21H2,1-2H3,(H2,42,46). The zero-order valence-electron chi connectivity index (χ0n) is 31.2. The van der Waals surface area contributed by atoms with Crippen molar-refractivity contribution in [2.24, 2.45) is 10.7 Å². The van der Waals surface area contributed by atoms with Gasteiger partial charge in [-0.05, 0) is 43.5 Å². The molecule has 0 bridgehead atoms. The molecule has 1 aliphatic carbocycles. The number of aromatic nitrogens is 3. The third-order valence-corrected chi connectivity index (χ3v) is 9.13. The summed E-state index contributed by atoms with van der Waals surface area (Å²) in [4.78, 5) is 9.06. The molecule has 13 nitrogen and oxygen atoms in total. The molecule has 1 fully saturated rings. The van der Waals surface area contributed by atoms with E-state index >= 15 is 0 Å². The summed E-state index contributed by atoms with van der Waals surface area (Å²) in [5.74, 6) is 0.257. The minimum Gasteiger partial charge on any atom is -0.475 e. The van der Waals surface area contributed by atoms with Gasteiger partial charge in [0.1, 0.15) is 18.3 Å². The Morgan fingerprint density at radius 1 is 0.870 bits per heavy atom. The second kappa shape index (κ2) is 22.5. The van der Waals surface area contributed by atoms with Crippen molar-refractivity contribution in [3.63, 3.8) is 0 Å². The van der Waals surface area contributed by atoms with E-state index in [1.165, 1.54) is 24.6 Å². The maximum Gasteiger partial charge on any atom is 0.213 e. The highest BCUT2D eigenvalue weighted by Gasteiger charge is 2.21. The van der Waals surface area contributed by atoms with Gasteiger partial charge in [0.2, 0.25) is 5.88 Å². The average Bonchev–Trinajstić information content (AvgIpc) is 3.61. The third-order valence-electron chi connectivity index (χ3n) is 8.81. The van der Waals surface area contributed by atoms with E-state index in [2.05, 4.69) is 26.5 Å². The monoisotopic (exact) mass is 770 g/mol. The number of halogens is 2. The van der Waals surface area contributed by atoms with Crippen LogP contribution in [0.4, 0.5) is 15.8 Å². The first-order chi connectivity index (χ1) is 26.4. The molecule has 0 amide bonds. The van der Waals surface area contributed by atoms with Crippen molar-refractivity contribution in [1.82, 2.24) is 14.6 Å². The predicted molar refractivity (Wildman–Crippen MR) is 207 cm³/mol. The molecule has 0 unspecified atom stereocenters. The Labute approximate surface area is 321 Å². The summed E-state index contributed by atoms with van der Waals surface area (Å²) < 4.78 is 54.1. The molecule has 0 radical (unpaired) electrons. The second-order valence-electron chi connectivity index (χ2n) is 12.8. The van der Waals surface area contributed by atoms with Gasteiger partial charge in [-0.15, -0.1) is 0 Å². The summed E-state index contributed by atoms with van der Waals surface area (Å²) in [5.41, 5.74) is 12.0. The van der Waals surface area contributed by atoms with E-state index < -0.39 is 5.82 Å². The van der Waals surface area contributed by atoms with Crippen molar-refractivity contribution in [1.29, 1.82) is 0 Å². The van der Waals surface area contributed by atoms with E-state index in [4.69, 9.17) is 50.5 Å². The molecule has 3 heterocycles. The molecule has 1 saturated carbocycles. The van der Waals surface area contributed by atoms with Gasteiger partial charge in [-0.1, -0.05) is 30.9 Å². The van der Waals surface area contributed by atoms with Gasteiger partial charge in [0, 0.05) is 48.8 Å².